The molecule has 132 valence electrons. The molecule has 0 aliphatic rings. The second kappa shape index (κ2) is 6.92. The number of benzene rings is 3. The first-order chi connectivity index (χ1) is 13.2. The summed E-state index contributed by atoms with van der Waals surface area (Å²) in [6.45, 7) is 0. The Hall–Kier alpha value is -3.66. The Morgan fingerprint density at radius 1 is 0.926 bits per heavy atom. The molecule has 1 N–H and O–H groups in total. The van der Waals surface area contributed by atoms with E-state index < -0.39 is 5.97 Å². The monoisotopic (exact) mass is 355 g/mol. The van der Waals surface area contributed by atoms with Gasteiger partial charge in [-0.1, -0.05) is 54.6 Å². The smallest absolute Gasteiger partial charge is 0.337 e. The summed E-state index contributed by atoms with van der Waals surface area (Å²) in [4.78, 5) is 16.5. The number of fused-ring (bicyclic) bond motifs is 1. The third-order valence-corrected chi connectivity index (χ3v) is 4.58. The maximum atomic E-state index is 12.0. The van der Waals surface area contributed by atoms with E-state index in [-0.39, 0.29) is 5.56 Å². The second-order valence-corrected chi connectivity index (χ2v) is 6.15. The van der Waals surface area contributed by atoms with Gasteiger partial charge in [0.15, 0.2) is 0 Å². The highest BCUT2D eigenvalue weighted by atomic mass is 16.5. The van der Waals surface area contributed by atoms with Crippen molar-refractivity contribution in [1.29, 1.82) is 0 Å². The van der Waals surface area contributed by atoms with Crippen LogP contribution in [-0.4, -0.2) is 23.2 Å². The number of hydrogen-bond donors (Lipinski definition) is 1. The van der Waals surface area contributed by atoms with Gasteiger partial charge >= 0.3 is 5.97 Å². The van der Waals surface area contributed by atoms with Crippen LogP contribution in [0, 0.1) is 0 Å². The van der Waals surface area contributed by atoms with Crippen molar-refractivity contribution in [2.24, 2.45) is 0 Å². The number of aromatic nitrogens is 1. The Kier molecular flexibility index (Phi) is 4.30. The third kappa shape index (κ3) is 3.02. The Bertz CT molecular complexity index is 1150. The van der Waals surface area contributed by atoms with Crippen molar-refractivity contribution in [2.75, 3.05) is 7.11 Å². The molecule has 27 heavy (non-hydrogen) atoms. The molecule has 1 aromatic heterocycles. The van der Waals surface area contributed by atoms with E-state index in [1.54, 1.807) is 25.4 Å². The van der Waals surface area contributed by atoms with Crippen molar-refractivity contribution in [3.63, 3.8) is 0 Å². The summed E-state index contributed by atoms with van der Waals surface area (Å²) in [6, 6.07) is 23.0. The largest absolute Gasteiger partial charge is 0.496 e. The summed E-state index contributed by atoms with van der Waals surface area (Å²) < 4.78 is 5.37. The quantitative estimate of drug-likeness (QED) is 0.541. The van der Waals surface area contributed by atoms with E-state index >= 15 is 0 Å². The predicted octanol–water partition coefficient (Wildman–Crippen LogP) is 5.28. The van der Waals surface area contributed by atoms with Crippen LogP contribution in [-0.2, 0) is 0 Å². The Morgan fingerprint density at radius 3 is 2.44 bits per heavy atom. The van der Waals surface area contributed by atoms with E-state index in [0.717, 1.165) is 21.9 Å². The highest BCUT2D eigenvalue weighted by Gasteiger charge is 2.18. The van der Waals surface area contributed by atoms with Crippen molar-refractivity contribution < 1.29 is 14.6 Å². The highest BCUT2D eigenvalue weighted by molar-refractivity contribution is 6.00. The van der Waals surface area contributed by atoms with Crippen molar-refractivity contribution in [1.82, 2.24) is 4.98 Å². The SMILES string of the molecule is COc1ccccc1-c1ncc(-c2cccc3ccccc23)cc1C(=O)O. The number of para-hydroxylation sites is 1. The fourth-order valence-electron chi connectivity index (χ4n) is 3.31. The number of carboxylic acid groups (broad SMARTS) is 1. The Balaban J connectivity index is 1.93. The number of rotatable bonds is 4. The fourth-order valence-corrected chi connectivity index (χ4v) is 3.31. The molecule has 1 heterocycles. The molecule has 0 saturated carbocycles. The van der Waals surface area contributed by atoms with Crippen molar-refractivity contribution in [3.05, 3.63) is 84.6 Å². The average Bonchev–Trinajstić information content (AvgIpc) is 2.73. The molecule has 0 bridgehead atoms. The van der Waals surface area contributed by atoms with Crippen LogP contribution in [0.4, 0.5) is 0 Å². The van der Waals surface area contributed by atoms with Crippen LogP contribution in [0.2, 0.25) is 0 Å². The van der Waals surface area contributed by atoms with Crippen LogP contribution in [0.3, 0.4) is 0 Å². The summed E-state index contributed by atoms with van der Waals surface area (Å²) in [5, 5.41) is 12.0. The van der Waals surface area contributed by atoms with E-state index in [0.29, 0.717) is 17.0 Å². The first-order valence-corrected chi connectivity index (χ1v) is 8.54. The lowest BCUT2D eigenvalue weighted by Crippen LogP contribution is -2.03. The number of hydrogen-bond acceptors (Lipinski definition) is 3. The minimum Gasteiger partial charge on any atom is -0.496 e. The summed E-state index contributed by atoms with van der Waals surface area (Å²) in [6.07, 6.45) is 1.72. The third-order valence-electron chi connectivity index (χ3n) is 4.58. The predicted molar refractivity (Wildman–Crippen MR) is 106 cm³/mol. The normalized spacial score (nSPS) is 10.7. The van der Waals surface area contributed by atoms with Crippen LogP contribution in [0.15, 0.2) is 79.0 Å². The lowest BCUT2D eigenvalue weighted by Gasteiger charge is -2.12. The number of nitrogens with zero attached hydrogens (tertiary/aromatic N) is 1. The molecule has 0 spiro atoms. The number of carbonyl (C=O) groups is 1. The Labute approximate surface area is 156 Å². The van der Waals surface area contributed by atoms with Gasteiger partial charge in [0, 0.05) is 17.3 Å². The van der Waals surface area contributed by atoms with Gasteiger partial charge in [-0.3, -0.25) is 4.98 Å². The van der Waals surface area contributed by atoms with E-state index in [1.807, 2.05) is 60.7 Å². The Morgan fingerprint density at radius 2 is 1.63 bits per heavy atom. The zero-order chi connectivity index (χ0) is 18.8. The molecule has 0 aliphatic carbocycles. The van der Waals surface area contributed by atoms with E-state index in [9.17, 15) is 9.90 Å². The molecular formula is C23H17NO3. The zero-order valence-corrected chi connectivity index (χ0v) is 14.7. The lowest BCUT2D eigenvalue weighted by molar-refractivity contribution is 0.0697. The van der Waals surface area contributed by atoms with Crippen LogP contribution in [0.1, 0.15) is 10.4 Å². The van der Waals surface area contributed by atoms with Gasteiger partial charge in [0.2, 0.25) is 0 Å². The molecule has 3 aromatic carbocycles. The van der Waals surface area contributed by atoms with Gasteiger partial charge in [-0.25, -0.2) is 4.79 Å². The molecule has 0 radical (unpaired) electrons. The lowest BCUT2D eigenvalue weighted by atomic mass is 9.96. The van der Waals surface area contributed by atoms with Crippen molar-refractivity contribution in [3.8, 4) is 28.1 Å². The second-order valence-electron chi connectivity index (χ2n) is 6.15. The van der Waals surface area contributed by atoms with E-state index in [4.69, 9.17) is 4.74 Å². The number of ether oxygens (including phenoxy) is 1. The van der Waals surface area contributed by atoms with Gasteiger partial charge in [0.25, 0.3) is 0 Å². The molecule has 0 saturated heterocycles. The van der Waals surface area contributed by atoms with Gasteiger partial charge in [0.1, 0.15) is 5.75 Å². The van der Waals surface area contributed by atoms with Crippen molar-refractivity contribution in [2.45, 2.75) is 0 Å². The first kappa shape index (κ1) is 16.8. The molecule has 0 fully saturated rings. The molecule has 4 nitrogen and oxygen atoms in total. The molecule has 4 heteroatoms. The number of pyridine rings is 1. The average molecular weight is 355 g/mol. The van der Waals surface area contributed by atoms with E-state index in [2.05, 4.69) is 4.98 Å². The maximum absolute atomic E-state index is 12.0. The minimum atomic E-state index is -1.02. The number of aromatic carboxylic acids is 1. The van der Waals surface area contributed by atoms with Crippen LogP contribution in [0.25, 0.3) is 33.2 Å². The maximum Gasteiger partial charge on any atom is 0.337 e. The zero-order valence-electron chi connectivity index (χ0n) is 14.7. The number of methoxy groups -OCH3 is 1. The highest BCUT2D eigenvalue weighted by Crippen LogP contribution is 2.34. The van der Waals surface area contributed by atoms with Gasteiger partial charge in [0.05, 0.1) is 18.4 Å². The van der Waals surface area contributed by atoms with Gasteiger partial charge in [-0.15, -0.1) is 0 Å². The van der Waals surface area contributed by atoms with Crippen LogP contribution >= 0.6 is 0 Å². The summed E-state index contributed by atoms with van der Waals surface area (Å²) in [7, 11) is 1.56. The van der Waals surface area contributed by atoms with Crippen LogP contribution < -0.4 is 4.74 Å². The molecule has 0 atom stereocenters. The minimum absolute atomic E-state index is 0.143. The molecule has 4 rings (SSSR count). The molecule has 0 unspecified atom stereocenters. The summed E-state index contributed by atoms with van der Waals surface area (Å²) in [5.74, 6) is -0.434. The molecule has 0 aliphatic heterocycles. The molecule has 0 amide bonds. The molecular weight excluding hydrogens is 338 g/mol. The molecule has 4 aromatic rings. The van der Waals surface area contributed by atoms with Gasteiger partial charge < -0.3 is 9.84 Å². The van der Waals surface area contributed by atoms with Gasteiger partial charge in [-0.2, -0.15) is 0 Å². The fraction of sp³-hybridized carbons (Fsp3) is 0.0435. The summed E-state index contributed by atoms with van der Waals surface area (Å²) in [5.41, 5.74) is 2.91. The number of carboxylic acids is 1. The summed E-state index contributed by atoms with van der Waals surface area (Å²) >= 11 is 0. The standard InChI is InChI=1S/C23H17NO3/c1-27-21-12-5-4-10-19(21)22-20(23(25)26)13-16(14-24-22)18-11-6-8-15-7-2-3-9-17(15)18/h2-14H,1H3,(H,25,26). The van der Waals surface area contributed by atoms with E-state index in [1.165, 1.54) is 0 Å². The van der Waals surface area contributed by atoms with Gasteiger partial charge in [-0.05, 0) is 34.5 Å². The van der Waals surface area contributed by atoms with Crippen molar-refractivity contribution >= 4 is 16.7 Å². The topological polar surface area (TPSA) is 59.4 Å². The van der Waals surface area contributed by atoms with Crippen LogP contribution in [0.5, 0.6) is 5.75 Å². The first-order valence-electron chi connectivity index (χ1n) is 8.54.